The Hall–Kier alpha value is -0.900. The molecule has 3 nitrogen and oxygen atoms in total. The van der Waals surface area contributed by atoms with Crippen LogP contribution in [0.4, 0.5) is 0 Å². The predicted octanol–water partition coefficient (Wildman–Crippen LogP) is 1.95. The molecule has 0 unspecified atom stereocenters. The molecule has 0 saturated carbocycles. The number of piperazine rings is 1. The summed E-state index contributed by atoms with van der Waals surface area (Å²) in [6.45, 7) is 8.45. The number of piperidine rings is 1. The fraction of sp³-hybridized carbons (Fsp3) is 0.647. The van der Waals surface area contributed by atoms with Gasteiger partial charge >= 0.3 is 0 Å². The van der Waals surface area contributed by atoms with Crippen molar-refractivity contribution < 1.29 is 0 Å². The Labute approximate surface area is 123 Å². The van der Waals surface area contributed by atoms with E-state index in [1.165, 1.54) is 64.1 Å². The monoisotopic (exact) mass is 273 g/mol. The van der Waals surface area contributed by atoms with Crippen LogP contribution in [-0.2, 0) is 6.54 Å². The molecule has 0 aromatic heterocycles. The molecule has 2 fully saturated rings. The molecule has 0 radical (unpaired) electrons. The van der Waals surface area contributed by atoms with E-state index in [2.05, 4.69) is 45.4 Å². The maximum atomic E-state index is 3.66. The molecule has 1 N–H and O–H groups in total. The first-order valence-electron chi connectivity index (χ1n) is 8.12. The summed E-state index contributed by atoms with van der Waals surface area (Å²) in [6, 6.07) is 11.6. The van der Waals surface area contributed by atoms with Crippen molar-refractivity contribution in [2.75, 3.05) is 39.3 Å². The van der Waals surface area contributed by atoms with Gasteiger partial charge in [-0.15, -0.1) is 0 Å². The zero-order valence-electron chi connectivity index (χ0n) is 12.4. The number of hydrogen-bond donors (Lipinski definition) is 1. The third-order valence-corrected chi connectivity index (χ3v) is 4.60. The van der Waals surface area contributed by atoms with Crippen LogP contribution in [0.1, 0.15) is 24.8 Å². The van der Waals surface area contributed by atoms with Gasteiger partial charge in [0.2, 0.25) is 0 Å². The van der Waals surface area contributed by atoms with E-state index in [1.54, 1.807) is 0 Å². The van der Waals surface area contributed by atoms with Gasteiger partial charge in [0.25, 0.3) is 0 Å². The highest BCUT2D eigenvalue weighted by Gasteiger charge is 2.21. The van der Waals surface area contributed by atoms with Crippen LogP contribution in [-0.4, -0.2) is 55.1 Å². The summed E-state index contributed by atoms with van der Waals surface area (Å²) in [5.41, 5.74) is 1.44. The highest BCUT2D eigenvalue weighted by atomic mass is 15.3. The van der Waals surface area contributed by atoms with E-state index in [9.17, 15) is 0 Å². The topological polar surface area (TPSA) is 18.5 Å². The average molecular weight is 273 g/mol. The summed E-state index contributed by atoms with van der Waals surface area (Å²) < 4.78 is 0. The van der Waals surface area contributed by atoms with E-state index in [-0.39, 0.29) is 0 Å². The minimum absolute atomic E-state index is 0.740. The summed E-state index contributed by atoms with van der Waals surface area (Å²) in [5.74, 6) is 0. The first-order chi connectivity index (χ1) is 9.90. The molecule has 2 aliphatic rings. The number of hydrogen-bond acceptors (Lipinski definition) is 3. The lowest BCUT2D eigenvalue weighted by Gasteiger charge is -2.37. The molecule has 1 aromatic rings. The first-order valence-corrected chi connectivity index (χ1v) is 8.12. The van der Waals surface area contributed by atoms with E-state index in [1.807, 2.05) is 0 Å². The van der Waals surface area contributed by atoms with Crippen molar-refractivity contribution in [3.05, 3.63) is 35.9 Å². The molecule has 2 heterocycles. The van der Waals surface area contributed by atoms with E-state index < -0.39 is 0 Å². The van der Waals surface area contributed by atoms with Crippen LogP contribution in [0.3, 0.4) is 0 Å². The van der Waals surface area contributed by atoms with Crippen molar-refractivity contribution >= 4 is 0 Å². The minimum atomic E-state index is 0.740. The molecular weight excluding hydrogens is 246 g/mol. The van der Waals surface area contributed by atoms with Gasteiger partial charge in [0.05, 0.1) is 0 Å². The van der Waals surface area contributed by atoms with Gasteiger partial charge in [-0.05, 0) is 24.9 Å². The Kier molecular flexibility index (Phi) is 5.06. The maximum absolute atomic E-state index is 3.66. The Balaban J connectivity index is 1.40. The normalized spacial score (nSPS) is 25.7. The second-order valence-electron chi connectivity index (χ2n) is 6.21. The van der Waals surface area contributed by atoms with Crippen molar-refractivity contribution in [1.29, 1.82) is 0 Å². The Morgan fingerprint density at radius 3 is 2.40 bits per heavy atom. The maximum Gasteiger partial charge on any atom is 0.0234 e. The minimum Gasteiger partial charge on any atom is -0.313 e. The first kappa shape index (κ1) is 14.1. The van der Waals surface area contributed by atoms with E-state index in [0.29, 0.717) is 0 Å². The van der Waals surface area contributed by atoms with E-state index >= 15 is 0 Å². The van der Waals surface area contributed by atoms with Crippen LogP contribution >= 0.6 is 0 Å². The molecule has 110 valence electrons. The van der Waals surface area contributed by atoms with E-state index in [0.717, 1.165) is 12.6 Å². The number of nitrogens with one attached hydrogen (secondary N) is 1. The fourth-order valence-corrected chi connectivity index (χ4v) is 3.36. The molecule has 2 saturated heterocycles. The molecule has 1 aromatic carbocycles. The third kappa shape index (κ3) is 4.05. The molecule has 1 atom stereocenters. The quantitative estimate of drug-likeness (QED) is 0.904. The van der Waals surface area contributed by atoms with Gasteiger partial charge in [0.15, 0.2) is 0 Å². The Bertz CT molecular complexity index is 378. The highest BCUT2D eigenvalue weighted by Crippen LogP contribution is 2.12. The lowest BCUT2D eigenvalue weighted by Crippen LogP contribution is -2.51. The summed E-state index contributed by atoms with van der Waals surface area (Å²) in [5, 5.41) is 3.66. The number of rotatable bonds is 4. The summed E-state index contributed by atoms with van der Waals surface area (Å²) >= 11 is 0. The molecule has 0 bridgehead atoms. The summed E-state index contributed by atoms with van der Waals surface area (Å²) in [6.07, 6.45) is 4.14. The van der Waals surface area contributed by atoms with Crippen molar-refractivity contribution in [2.24, 2.45) is 0 Å². The lowest BCUT2D eigenvalue weighted by atomic mass is 10.0. The standard InChI is InChI=1S/C17H27N3/c1-2-6-16(7-3-1)14-19-10-12-20(13-11-19)15-17-8-4-5-9-18-17/h1-3,6-7,17-18H,4-5,8-15H2/t17-/m1/s1. The SMILES string of the molecule is c1ccc(CN2CCN(C[C@H]3CCCCN3)CC2)cc1. The second kappa shape index (κ2) is 7.21. The molecule has 2 aliphatic heterocycles. The molecule has 3 rings (SSSR count). The van der Waals surface area contributed by atoms with Crippen molar-refractivity contribution in [3.8, 4) is 0 Å². The molecule has 0 spiro atoms. The largest absolute Gasteiger partial charge is 0.313 e. The Morgan fingerprint density at radius 2 is 1.70 bits per heavy atom. The van der Waals surface area contributed by atoms with Crippen LogP contribution in [0.5, 0.6) is 0 Å². The average Bonchev–Trinajstić information content (AvgIpc) is 2.51. The molecule has 0 aliphatic carbocycles. The smallest absolute Gasteiger partial charge is 0.0234 e. The summed E-state index contributed by atoms with van der Waals surface area (Å²) in [4.78, 5) is 5.23. The Morgan fingerprint density at radius 1 is 0.950 bits per heavy atom. The van der Waals surface area contributed by atoms with Gasteiger partial charge in [-0.3, -0.25) is 9.80 Å². The highest BCUT2D eigenvalue weighted by molar-refractivity contribution is 5.14. The van der Waals surface area contributed by atoms with Crippen LogP contribution in [0.2, 0.25) is 0 Å². The van der Waals surface area contributed by atoms with Gasteiger partial charge in [-0.25, -0.2) is 0 Å². The van der Waals surface area contributed by atoms with Gasteiger partial charge < -0.3 is 5.32 Å². The number of benzene rings is 1. The number of nitrogens with zero attached hydrogens (tertiary/aromatic N) is 2. The van der Waals surface area contributed by atoms with Gasteiger partial charge in [-0.2, -0.15) is 0 Å². The zero-order chi connectivity index (χ0) is 13.6. The van der Waals surface area contributed by atoms with Crippen molar-refractivity contribution in [3.63, 3.8) is 0 Å². The fourth-order valence-electron chi connectivity index (χ4n) is 3.36. The lowest BCUT2D eigenvalue weighted by molar-refractivity contribution is 0.114. The summed E-state index contributed by atoms with van der Waals surface area (Å²) in [7, 11) is 0. The second-order valence-corrected chi connectivity index (χ2v) is 6.21. The van der Waals surface area contributed by atoms with Gasteiger partial charge in [-0.1, -0.05) is 36.8 Å². The zero-order valence-corrected chi connectivity index (χ0v) is 12.4. The van der Waals surface area contributed by atoms with Gasteiger partial charge in [0, 0.05) is 45.3 Å². The molecular formula is C17H27N3. The van der Waals surface area contributed by atoms with Crippen molar-refractivity contribution in [1.82, 2.24) is 15.1 Å². The molecule has 3 heteroatoms. The van der Waals surface area contributed by atoms with E-state index in [4.69, 9.17) is 0 Å². The molecule has 0 amide bonds. The predicted molar refractivity (Wildman–Crippen MR) is 83.8 cm³/mol. The van der Waals surface area contributed by atoms with Gasteiger partial charge in [0.1, 0.15) is 0 Å². The van der Waals surface area contributed by atoms with Crippen LogP contribution in [0, 0.1) is 0 Å². The molecule has 20 heavy (non-hydrogen) atoms. The third-order valence-electron chi connectivity index (χ3n) is 4.60. The van der Waals surface area contributed by atoms with Crippen LogP contribution in [0.15, 0.2) is 30.3 Å². The van der Waals surface area contributed by atoms with Crippen LogP contribution in [0.25, 0.3) is 0 Å². The van der Waals surface area contributed by atoms with Crippen LogP contribution < -0.4 is 5.32 Å². The van der Waals surface area contributed by atoms with Crippen molar-refractivity contribution in [2.45, 2.75) is 31.8 Å².